The molecule has 0 bridgehead atoms. The van der Waals surface area contributed by atoms with Gasteiger partial charge in [0.15, 0.2) is 5.01 Å². The molecule has 0 aliphatic rings. The zero-order chi connectivity index (χ0) is 12.1. The number of carboxylic acid groups (broad SMARTS) is 1. The highest BCUT2D eigenvalue weighted by Crippen LogP contribution is 2.05. The summed E-state index contributed by atoms with van der Waals surface area (Å²) in [4.78, 5) is 14.6. The van der Waals surface area contributed by atoms with Crippen molar-refractivity contribution >= 4 is 17.3 Å². The van der Waals surface area contributed by atoms with Crippen molar-refractivity contribution in [2.24, 2.45) is 0 Å². The summed E-state index contributed by atoms with van der Waals surface area (Å²) in [7, 11) is 0. The third kappa shape index (κ3) is 3.44. The van der Waals surface area contributed by atoms with Gasteiger partial charge in [0, 0.05) is 17.1 Å². The SMILES string of the molecule is O=C(O)Cc1ccc(C#Cc2nccs2)cc1. The quantitative estimate of drug-likeness (QED) is 0.822. The Morgan fingerprint density at radius 1 is 1.29 bits per heavy atom. The number of aliphatic carboxylic acids is 1. The molecule has 1 aromatic heterocycles. The average molecular weight is 243 g/mol. The molecular weight excluding hydrogens is 234 g/mol. The topological polar surface area (TPSA) is 50.2 Å². The molecule has 1 N–H and O–H groups in total. The van der Waals surface area contributed by atoms with Crippen LogP contribution in [-0.2, 0) is 11.2 Å². The maximum atomic E-state index is 10.5. The van der Waals surface area contributed by atoms with Crippen LogP contribution >= 0.6 is 11.3 Å². The van der Waals surface area contributed by atoms with Crippen molar-refractivity contribution in [3.8, 4) is 11.8 Å². The Hall–Kier alpha value is -2.12. The molecule has 0 saturated heterocycles. The number of benzene rings is 1. The van der Waals surface area contributed by atoms with Gasteiger partial charge >= 0.3 is 5.97 Å². The molecule has 4 heteroatoms. The number of hydrogen-bond donors (Lipinski definition) is 1. The minimum atomic E-state index is -0.827. The second-order valence-corrected chi connectivity index (χ2v) is 4.25. The second-order valence-electron chi connectivity index (χ2n) is 3.35. The fourth-order valence-electron chi connectivity index (χ4n) is 1.29. The van der Waals surface area contributed by atoms with E-state index < -0.39 is 5.97 Å². The lowest BCUT2D eigenvalue weighted by Crippen LogP contribution is -1.99. The molecule has 0 saturated carbocycles. The summed E-state index contributed by atoms with van der Waals surface area (Å²) in [6.45, 7) is 0. The van der Waals surface area contributed by atoms with Gasteiger partial charge in [-0.3, -0.25) is 4.79 Å². The van der Waals surface area contributed by atoms with E-state index in [4.69, 9.17) is 5.11 Å². The summed E-state index contributed by atoms with van der Waals surface area (Å²) < 4.78 is 0. The first-order valence-electron chi connectivity index (χ1n) is 4.96. The van der Waals surface area contributed by atoms with Gasteiger partial charge < -0.3 is 5.11 Å². The van der Waals surface area contributed by atoms with Crippen LogP contribution in [-0.4, -0.2) is 16.1 Å². The first-order valence-corrected chi connectivity index (χ1v) is 5.84. The van der Waals surface area contributed by atoms with Crippen LogP contribution in [0.1, 0.15) is 16.1 Å². The van der Waals surface area contributed by atoms with Gasteiger partial charge in [0.05, 0.1) is 6.42 Å². The van der Waals surface area contributed by atoms with Gasteiger partial charge in [-0.05, 0) is 23.6 Å². The van der Waals surface area contributed by atoms with E-state index in [-0.39, 0.29) is 6.42 Å². The van der Waals surface area contributed by atoms with Crippen molar-refractivity contribution in [3.63, 3.8) is 0 Å². The molecule has 1 heterocycles. The molecule has 84 valence electrons. The summed E-state index contributed by atoms with van der Waals surface area (Å²) in [5.41, 5.74) is 1.63. The van der Waals surface area contributed by atoms with E-state index in [0.717, 1.165) is 16.1 Å². The van der Waals surface area contributed by atoms with Crippen molar-refractivity contribution < 1.29 is 9.90 Å². The molecule has 2 aromatic rings. The predicted molar refractivity (Wildman–Crippen MR) is 65.9 cm³/mol. The first kappa shape index (κ1) is 11.4. The minimum absolute atomic E-state index is 0.0419. The Kier molecular flexibility index (Phi) is 3.53. The molecule has 0 spiro atoms. The van der Waals surface area contributed by atoms with Crippen molar-refractivity contribution in [3.05, 3.63) is 52.0 Å². The third-order valence-electron chi connectivity index (χ3n) is 2.06. The van der Waals surface area contributed by atoms with Gasteiger partial charge in [0.1, 0.15) is 0 Å². The summed E-state index contributed by atoms with van der Waals surface area (Å²) in [5, 5.41) is 11.3. The maximum Gasteiger partial charge on any atom is 0.307 e. The van der Waals surface area contributed by atoms with E-state index >= 15 is 0 Å². The fraction of sp³-hybridized carbons (Fsp3) is 0.0769. The normalized spacial score (nSPS) is 9.41. The molecular formula is C13H9NO2S. The molecule has 0 aliphatic carbocycles. The number of nitrogens with zero attached hydrogens (tertiary/aromatic N) is 1. The zero-order valence-electron chi connectivity index (χ0n) is 8.88. The molecule has 2 rings (SSSR count). The van der Waals surface area contributed by atoms with E-state index in [1.54, 1.807) is 18.3 Å². The van der Waals surface area contributed by atoms with Crippen LogP contribution < -0.4 is 0 Å². The van der Waals surface area contributed by atoms with Crippen molar-refractivity contribution in [1.29, 1.82) is 0 Å². The number of carboxylic acids is 1. The summed E-state index contributed by atoms with van der Waals surface area (Å²) >= 11 is 1.49. The number of rotatable bonds is 2. The van der Waals surface area contributed by atoms with Crippen molar-refractivity contribution in [2.45, 2.75) is 6.42 Å². The standard InChI is InChI=1S/C13H9NO2S/c15-13(16)9-11-3-1-10(2-4-11)5-6-12-14-7-8-17-12/h1-4,7-8H,9H2,(H,15,16). The highest BCUT2D eigenvalue weighted by molar-refractivity contribution is 7.10. The van der Waals surface area contributed by atoms with Crippen LogP contribution in [0.2, 0.25) is 0 Å². The van der Waals surface area contributed by atoms with Gasteiger partial charge in [-0.15, -0.1) is 11.3 Å². The monoisotopic (exact) mass is 243 g/mol. The van der Waals surface area contributed by atoms with E-state index in [0.29, 0.717) is 0 Å². The molecule has 0 radical (unpaired) electrons. The number of hydrogen-bond acceptors (Lipinski definition) is 3. The summed E-state index contributed by atoms with van der Waals surface area (Å²) in [6, 6.07) is 7.19. The molecule has 0 amide bonds. The highest BCUT2D eigenvalue weighted by atomic mass is 32.1. The Balaban J connectivity index is 2.10. The highest BCUT2D eigenvalue weighted by Gasteiger charge is 1.99. The van der Waals surface area contributed by atoms with E-state index in [1.807, 2.05) is 17.5 Å². The lowest BCUT2D eigenvalue weighted by molar-refractivity contribution is -0.136. The smallest absolute Gasteiger partial charge is 0.307 e. The first-order chi connectivity index (χ1) is 8.24. The summed E-state index contributed by atoms with van der Waals surface area (Å²) in [5.74, 6) is 5.09. The fourth-order valence-corrected chi connectivity index (χ4v) is 1.77. The van der Waals surface area contributed by atoms with E-state index in [2.05, 4.69) is 16.8 Å². The Labute approximate surface area is 103 Å². The van der Waals surface area contributed by atoms with Gasteiger partial charge in [0.25, 0.3) is 0 Å². The van der Waals surface area contributed by atoms with Gasteiger partial charge in [-0.2, -0.15) is 0 Å². The van der Waals surface area contributed by atoms with Crippen LogP contribution in [0.25, 0.3) is 0 Å². The summed E-state index contributed by atoms with van der Waals surface area (Å²) in [6.07, 6.45) is 1.75. The van der Waals surface area contributed by atoms with E-state index in [9.17, 15) is 4.79 Å². The van der Waals surface area contributed by atoms with Crippen LogP contribution in [0.3, 0.4) is 0 Å². The van der Waals surface area contributed by atoms with Gasteiger partial charge in [-0.1, -0.05) is 18.1 Å². The van der Waals surface area contributed by atoms with E-state index in [1.165, 1.54) is 11.3 Å². The average Bonchev–Trinajstić information content (AvgIpc) is 2.80. The largest absolute Gasteiger partial charge is 0.481 e. The Morgan fingerprint density at radius 3 is 2.65 bits per heavy atom. The maximum absolute atomic E-state index is 10.5. The predicted octanol–water partition coefficient (Wildman–Crippen LogP) is 2.17. The Bertz CT molecular complexity index is 562. The van der Waals surface area contributed by atoms with Crippen molar-refractivity contribution in [1.82, 2.24) is 4.98 Å². The van der Waals surface area contributed by atoms with Gasteiger partial charge in [0.2, 0.25) is 0 Å². The van der Waals surface area contributed by atoms with Crippen molar-refractivity contribution in [2.75, 3.05) is 0 Å². The second kappa shape index (κ2) is 5.28. The molecule has 1 aromatic carbocycles. The molecule has 3 nitrogen and oxygen atoms in total. The zero-order valence-corrected chi connectivity index (χ0v) is 9.70. The minimum Gasteiger partial charge on any atom is -0.481 e. The molecule has 0 unspecified atom stereocenters. The molecule has 0 fully saturated rings. The van der Waals surface area contributed by atoms with Crippen LogP contribution in [0, 0.1) is 11.8 Å². The molecule has 0 aliphatic heterocycles. The van der Waals surface area contributed by atoms with Crippen LogP contribution in [0.4, 0.5) is 0 Å². The number of aromatic nitrogens is 1. The Morgan fingerprint density at radius 2 is 2.06 bits per heavy atom. The van der Waals surface area contributed by atoms with Crippen LogP contribution in [0.5, 0.6) is 0 Å². The molecule has 0 atom stereocenters. The van der Waals surface area contributed by atoms with Gasteiger partial charge in [-0.25, -0.2) is 4.98 Å². The lowest BCUT2D eigenvalue weighted by atomic mass is 10.1. The molecule has 17 heavy (non-hydrogen) atoms. The number of thiazole rings is 1. The van der Waals surface area contributed by atoms with Crippen LogP contribution in [0.15, 0.2) is 35.8 Å². The lowest BCUT2D eigenvalue weighted by Gasteiger charge is -1.96. The third-order valence-corrected chi connectivity index (χ3v) is 2.74. The number of carbonyl (C=O) groups is 1.